The molecule has 0 aliphatic carbocycles. The molecule has 1 aliphatic rings. The summed E-state index contributed by atoms with van der Waals surface area (Å²) in [6.07, 6.45) is 3.50. The van der Waals surface area contributed by atoms with E-state index in [1.807, 2.05) is 18.2 Å². The lowest BCUT2D eigenvalue weighted by atomic mass is 10.4. The molecule has 15 heavy (non-hydrogen) atoms. The Kier molecular flexibility index (Phi) is 5.73. The Morgan fingerprint density at radius 3 is 2.07 bits per heavy atom. The number of rotatable bonds is 0. The lowest BCUT2D eigenvalue weighted by molar-refractivity contribution is 0.214. The van der Waals surface area contributed by atoms with Crippen LogP contribution in [0.5, 0.6) is 0 Å². The maximum Gasteiger partial charge on any atom is 0.316 e. The molecule has 0 unspecified atom stereocenters. The van der Waals surface area contributed by atoms with Crippen LogP contribution in [-0.4, -0.2) is 41.4 Å². The fourth-order valence-corrected chi connectivity index (χ4v) is 1.32. The molecule has 2 rings (SSSR count). The molecule has 0 aromatic carbocycles. The minimum Gasteiger partial charge on any atom is -0.327 e. The van der Waals surface area contributed by atoms with E-state index < -0.39 is 0 Å². The highest BCUT2D eigenvalue weighted by molar-refractivity contribution is 6.62. The van der Waals surface area contributed by atoms with Crippen molar-refractivity contribution in [3.8, 4) is 0 Å². The molecule has 5 heteroatoms. The van der Waals surface area contributed by atoms with Crippen molar-refractivity contribution in [2.45, 2.75) is 0 Å². The predicted octanol–water partition coefficient (Wildman–Crippen LogP) is 1.33. The molecule has 1 N–H and O–H groups in total. The molecular formula is C10H14ClN3O. The number of hydrogen-bond donors (Lipinski definition) is 1. The van der Waals surface area contributed by atoms with Crippen LogP contribution in [0.4, 0.5) is 4.79 Å². The molecule has 1 amide bonds. The van der Waals surface area contributed by atoms with Gasteiger partial charge in [0.2, 0.25) is 0 Å². The Labute approximate surface area is 94.3 Å². The summed E-state index contributed by atoms with van der Waals surface area (Å²) in [4.78, 5) is 15.9. The molecule has 1 aromatic rings. The molecule has 0 bridgehead atoms. The average Bonchev–Trinajstić information content (AvgIpc) is 2.33. The molecule has 2 heterocycles. The largest absolute Gasteiger partial charge is 0.327 e. The minimum absolute atomic E-state index is 0.337. The van der Waals surface area contributed by atoms with E-state index in [1.165, 1.54) is 0 Å². The first-order chi connectivity index (χ1) is 7.30. The van der Waals surface area contributed by atoms with Crippen LogP contribution >= 0.6 is 11.6 Å². The fraction of sp³-hybridized carbons (Fsp3) is 0.400. The number of halogens is 1. The van der Waals surface area contributed by atoms with Crippen LogP contribution < -0.4 is 5.32 Å². The number of piperazine rings is 1. The molecule has 0 saturated carbocycles. The van der Waals surface area contributed by atoms with Gasteiger partial charge in [0.25, 0.3) is 0 Å². The third-order valence-electron chi connectivity index (χ3n) is 1.93. The summed E-state index contributed by atoms with van der Waals surface area (Å²) in [5.74, 6) is 0. The van der Waals surface area contributed by atoms with Gasteiger partial charge >= 0.3 is 5.37 Å². The summed E-state index contributed by atoms with van der Waals surface area (Å²) < 4.78 is 0. The van der Waals surface area contributed by atoms with Crippen molar-refractivity contribution in [1.29, 1.82) is 0 Å². The van der Waals surface area contributed by atoms with E-state index in [1.54, 1.807) is 17.3 Å². The lowest BCUT2D eigenvalue weighted by Gasteiger charge is -2.24. The molecule has 0 radical (unpaired) electrons. The Morgan fingerprint density at radius 2 is 1.80 bits per heavy atom. The SMILES string of the molecule is O=C(Cl)N1CCNCC1.c1ccncc1. The standard InChI is InChI=1S/C5H9ClN2O.C5H5N/c6-5(9)8-3-1-7-2-4-8;1-2-4-6-5-3-1/h7H,1-4H2;1-5H. The molecule has 0 atom stereocenters. The second-order valence-corrected chi connectivity index (χ2v) is 3.34. The van der Waals surface area contributed by atoms with Crippen molar-refractivity contribution in [2.75, 3.05) is 26.2 Å². The summed E-state index contributed by atoms with van der Waals surface area (Å²) in [5, 5.41) is 2.78. The Balaban J connectivity index is 0.000000162. The van der Waals surface area contributed by atoms with Crippen molar-refractivity contribution < 1.29 is 4.79 Å². The van der Waals surface area contributed by atoms with Crippen molar-refractivity contribution in [2.24, 2.45) is 0 Å². The summed E-state index contributed by atoms with van der Waals surface area (Å²) in [6.45, 7) is 3.20. The number of pyridine rings is 1. The van der Waals surface area contributed by atoms with Gasteiger partial charge in [-0.25, -0.2) is 0 Å². The number of aromatic nitrogens is 1. The van der Waals surface area contributed by atoms with Crippen LogP contribution in [0, 0.1) is 0 Å². The van der Waals surface area contributed by atoms with E-state index in [-0.39, 0.29) is 5.37 Å². The summed E-state index contributed by atoms with van der Waals surface area (Å²) >= 11 is 5.22. The van der Waals surface area contributed by atoms with Crippen molar-refractivity contribution in [3.63, 3.8) is 0 Å². The van der Waals surface area contributed by atoms with E-state index in [4.69, 9.17) is 11.6 Å². The Morgan fingerprint density at radius 1 is 1.20 bits per heavy atom. The molecule has 4 nitrogen and oxygen atoms in total. The third-order valence-corrected chi connectivity index (χ3v) is 2.17. The zero-order valence-electron chi connectivity index (χ0n) is 8.40. The first-order valence-corrected chi connectivity index (χ1v) is 5.18. The van der Waals surface area contributed by atoms with E-state index in [9.17, 15) is 4.79 Å². The quantitative estimate of drug-likeness (QED) is 0.537. The van der Waals surface area contributed by atoms with Gasteiger partial charge in [-0.15, -0.1) is 0 Å². The van der Waals surface area contributed by atoms with Crippen molar-refractivity contribution in [1.82, 2.24) is 15.2 Å². The Bertz CT molecular complexity index is 249. The number of carbonyl (C=O) groups excluding carboxylic acids is 1. The van der Waals surface area contributed by atoms with Gasteiger partial charge in [-0.1, -0.05) is 6.07 Å². The molecule has 82 valence electrons. The van der Waals surface area contributed by atoms with Crippen LogP contribution in [0.15, 0.2) is 30.6 Å². The van der Waals surface area contributed by atoms with Gasteiger partial charge in [0.1, 0.15) is 0 Å². The summed E-state index contributed by atoms with van der Waals surface area (Å²) in [6, 6.07) is 5.72. The number of carbonyl (C=O) groups is 1. The van der Waals surface area contributed by atoms with Gasteiger partial charge in [0.15, 0.2) is 0 Å². The first-order valence-electron chi connectivity index (χ1n) is 4.81. The fourth-order valence-electron chi connectivity index (χ4n) is 1.15. The summed E-state index contributed by atoms with van der Waals surface area (Å²) in [7, 11) is 0. The van der Waals surface area contributed by atoms with Gasteiger partial charge < -0.3 is 10.2 Å². The van der Waals surface area contributed by atoms with E-state index in [2.05, 4.69) is 10.3 Å². The number of nitrogens with one attached hydrogen (secondary N) is 1. The smallest absolute Gasteiger partial charge is 0.316 e. The van der Waals surface area contributed by atoms with Crippen molar-refractivity contribution >= 4 is 17.0 Å². The second kappa shape index (κ2) is 7.20. The van der Waals surface area contributed by atoms with Gasteiger partial charge in [-0.2, -0.15) is 0 Å². The molecular weight excluding hydrogens is 214 g/mol. The average molecular weight is 228 g/mol. The first kappa shape index (κ1) is 11.9. The zero-order chi connectivity index (χ0) is 10.9. The van der Waals surface area contributed by atoms with Gasteiger partial charge in [-0.05, 0) is 23.7 Å². The third kappa shape index (κ3) is 5.34. The van der Waals surface area contributed by atoms with Crippen LogP contribution in [0.3, 0.4) is 0 Å². The topological polar surface area (TPSA) is 45.2 Å². The molecule has 1 saturated heterocycles. The highest BCUT2D eigenvalue weighted by atomic mass is 35.5. The van der Waals surface area contributed by atoms with Crippen molar-refractivity contribution in [3.05, 3.63) is 30.6 Å². The van der Waals surface area contributed by atoms with E-state index >= 15 is 0 Å². The minimum atomic E-state index is -0.337. The van der Waals surface area contributed by atoms with Crippen LogP contribution in [-0.2, 0) is 0 Å². The maximum absolute atomic E-state index is 10.5. The van der Waals surface area contributed by atoms with Crippen LogP contribution in [0.25, 0.3) is 0 Å². The lowest BCUT2D eigenvalue weighted by Crippen LogP contribution is -2.44. The van der Waals surface area contributed by atoms with Gasteiger partial charge in [-0.3, -0.25) is 9.78 Å². The monoisotopic (exact) mass is 227 g/mol. The van der Waals surface area contributed by atoms with Crippen LogP contribution in [0.2, 0.25) is 0 Å². The van der Waals surface area contributed by atoms with Gasteiger partial charge in [0, 0.05) is 38.6 Å². The highest BCUT2D eigenvalue weighted by Crippen LogP contribution is 1.96. The Hall–Kier alpha value is -1.13. The maximum atomic E-state index is 10.5. The molecule has 1 aromatic heterocycles. The predicted molar refractivity (Wildman–Crippen MR) is 59.9 cm³/mol. The highest BCUT2D eigenvalue weighted by Gasteiger charge is 2.12. The number of amides is 1. The molecule has 1 aliphatic heterocycles. The van der Waals surface area contributed by atoms with E-state index in [0.717, 1.165) is 26.2 Å². The summed E-state index contributed by atoms with van der Waals surface area (Å²) in [5.41, 5.74) is 0. The second-order valence-electron chi connectivity index (χ2n) is 3.01. The van der Waals surface area contributed by atoms with E-state index in [0.29, 0.717) is 0 Å². The number of nitrogens with zero attached hydrogens (tertiary/aromatic N) is 2. The normalized spacial score (nSPS) is 15.1. The molecule has 0 spiro atoms. The zero-order valence-corrected chi connectivity index (χ0v) is 9.15. The molecule has 1 fully saturated rings. The van der Waals surface area contributed by atoms with Crippen LogP contribution in [0.1, 0.15) is 0 Å². The van der Waals surface area contributed by atoms with Gasteiger partial charge in [0.05, 0.1) is 0 Å². The number of hydrogen-bond acceptors (Lipinski definition) is 3.